The van der Waals surface area contributed by atoms with E-state index in [0.717, 1.165) is 12.1 Å². The number of rotatable bonds is 8. The molecule has 0 aliphatic heterocycles. The van der Waals surface area contributed by atoms with E-state index in [1.807, 2.05) is 26.2 Å². The quantitative estimate of drug-likeness (QED) is 0.302. The zero-order chi connectivity index (χ0) is 21.3. The second-order valence-electron chi connectivity index (χ2n) is 6.83. The molecule has 166 valence electrons. The molecule has 30 heavy (non-hydrogen) atoms. The van der Waals surface area contributed by atoms with Crippen molar-refractivity contribution in [1.82, 2.24) is 15.5 Å². The fraction of sp³-hybridized carbons (Fsp3) is 0.381. The molecule has 0 bridgehead atoms. The van der Waals surface area contributed by atoms with Crippen LogP contribution in [0.15, 0.2) is 53.5 Å². The van der Waals surface area contributed by atoms with E-state index in [2.05, 4.69) is 32.7 Å². The van der Waals surface area contributed by atoms with E-state index in [1.54, 1.807) is 19.2 Å². The molecule has 0 saturated heterocycles. The Bertz CT molecular complexity index is 796. The van der Waals surface area contributed by atoms with Crippen molar-refractivity contribution in [3.05, 3.63) is 65.2 Å². The van der Waals surface area contributed by atoms with Crippen LogP contribution in [0.3, 0.4) is 0 Å². The van der Waals surface area contributed by atoms with Crippen molar-refractivity contribution in [3.8, 4) is 5.75 Å². The van der Waals surface area contributed by atoms with Crippen LogP contribution in [0.5, 0.6) is 5.75 Å². The Hall–Kier alpha value is -2.01. The zero-order valence-electron chi connectivity index (χ0n) is 17.3. The lowest BCUT2D eigenvalue weighted by Gasteiger charge is -2.16. The summed E-state index contributed by atoms with van der Waals surface area (Å²) in [6.45, 7) is 0.676. The van der Waals surface area contributed by atoms with Gasteiger partial charge < -0.3 is 20.3 Å². The largest absolute Gasteiger partial charge is 0.484 e. The van der Waals surface area contributed by atoms with Gasteiger partial charge in [-0.15, -0.1) is 24.0 Å². The Balaban J connectivity index is 0.00000450. The van der Waals surface area contributed by atoms with Crippen molar-refractivity contribution in [2.75, 3.05) is 27.7 Å². The van der Waals surface area contributed by atoms with E-state index in [0.29, 0.717) is 19.0 Å². The topological polar surface area (TPSA) is 48.9 Å². The van der Waals surface area contributed by atoms with Crippen LogP contribution in [0, 0.1) is 0 Å². The van der Waals surface area contributed by atoms with Crippen molar-refractivity contribution in [3.63, 3.8) is 0 Å². The number of benzene rings is 2. The van der Waals surface area contributed by atoms with Crippen LogP contribution in [-0.4, -0.2) is 44.8 Å². The van der Waals surface area contributed by atoms with Crippen LogP contribution >= 0.6 is 24.0 Å². The molecule has 0 fully saturated rings. The van der Waals surface area contributed by atoms with Crippen LogP contribution in [0.1, 0.15) is 16.7 Å². The van der Waals surface area contributed by atoms with Crippen molar-refractivity contribution >= 4 is 29.9 Å². The molecule has 0 aliphatic carbocycles. The van der Waals surface area contributed by atoms with Crippen molar-refractivity contribution in [2.45, 2.75) is 25.8 Å². The summed E-state index contributed by atoms with van der Waals surface area (Å²) in [6.07, 6.45) is -4.34. The highest BCUT2D eigenvalue weighted by Crippen LogP contribution is 2.18. The number of nitrogens with one attached hydrogen (secondary N) is 2. The standard InChI is InChI=1S/C21H27F3N4O.HI/c1-25-20(27-13-17-6-4-5-7-18(17)14-28(2)3)26-12-16-8-10-19(11-9-16)29-15-21(22,23)24;/h4-11H,12-15H2,1-3H3,(H2,25,26,27);1H. The molecule has 2 aromatic rings. The lowest BCUT2D eigenvalue weighted by molar-refractivity contribution is -0.153. The minimum Gasteiger partial charge on any atom is -0.484 e. The van der Waals surface area contributed by atoms with Crippen LogP contribution in [0.4, 0.5) is 13.2 Å². The van der Waals surface area contributed by atoms with Gasteiger partial charge in [-0.25, -0.2) is 0 Å². The molecule has 0 amide bonds. The minimum atomic E-state index is -4.34. The zero-order valence-corrected chi connectivity index (χ0v) is 19.6. The number of hydrogen-bond donors (Lipinski definition) is 2. The smallest absolute Gasteiger partial charge is 0.422 e. The number of ether oxygens (including phenoxy) is 1. The summed E-state index contributed by atoms with van der Waals surface area (Å²) in [5.74, 6) is 0.827. The first-order valence-electron chi connectivity index (χ1n) is 9.21. The first kappa shape index (κ1) is 26.0. The lowest BCUT2D eigenvalue weighted by atomic mass is 10.1. The summed E-state index contributed by atoms with van der Waals surface area (Å²) in [5.41, 5.74) is 3.34. The lowest BCUT2D eigenvalue weighted by Crippen LogP contribution is -2.36. The highest BCUT2D eigenvalue weighted by molar-refractivity contribution is 14.0. The van der Waals surface area contributed by atoms with Crippen LogP contribution in [0.25, 0.3) is 0 Å². The van der Waals surface area contributed by atoms with Crippen molar-refractivity contribution < 1.29 is 17.9 Å². The summed E-state index contributed by atoms with van der Waals surface area (Å²) < 4.78 is 41.3. The molecule has 0 atom stereocenters. The number of halogens is 4. The van der Waals surface area contributed by atoms with E-state index in [9.17, 15) is 13.2 Å². The van der Waals surface area contributed by atoms with Gasteiger partial charge in [0.05, 0.1) is 0 Å². The monoisotopic (exact) mass is 536 g/mol. The molecule has 5 nitrogen and oxygen atoms in total. The summed E-state index contributed by atoms with van der Waals surface area (Å²) in [5, 5.41) is 6.49. The summed E-state index contributed by atoms with van der Waals surface area (Å²) in [7, 11) is 5.75. The molecule has 0 saturated carbocycles. The SMILES string of the molecule is CN=C(NCc1ccc(OCC(F)(F)F)cc1)NCc1ccccc1CN(C)C.I. The Morgan fingerprint density at radius 1 is 0.967 bits per heavy atom. The molecular formula is C21H28F3IN4O. The molecule has 0 aromatic heterocycles. The molecule has 0 radical (unpaired) electrons. The van der Waals surface area contributed by atoms with Crippen LogP contribution < -0.4 is 15.4 Å². The average Bonchev–Trinajstić information content (AvgIpc) is 2.67. The second kappa shape index (κ2) is 12.6. The maximum Gasteiger partial charge on any atom is 0.422 e. The number of aliphatic imine (C=N–C) groups is 1. The van der Waals surface area contributed by atoms with E-state index in [1.165, 1.54) is 23.3 Å². The predicted octanol–water partition coefficient (Wildman–Crippen LogP) is 4.17. The van der Waals surface area contributed by atoms with Gasteiger partial charge in [-0.05, 0) is 42.9 Å². The average molecular weight is 536 g/mol. The van der Waals surface area contributed by atoms with Crippen LogP contribution in [-0.2, 0) is 19.6 Å². The molecule has 2 N–H and O–H groups in total. The third kappa shape index (κ3) is 9.66. The van der Waals surface area contributed by atoms with Crippen molar-refractivity contribution in [2.24, 2.45) is 4.99 Å². The highest BCUT2D eigenvalue weighted by Gasteiger charge is 2.28. The summed E-state index contributed by atoms with van der Waals surface area (Å²) >= 11 is 0. The van der Waals surface area contributed by atoms with Gasteiger partial charge in [0.2, 0.25) is 0 Å². The Morgan fingerprint density at radius 3 is 2.13 bits per heavy atom. The third-order valence-electron chi connectivity index (χ3n) is 4.06. The molecule has 2 rings (SSSR count). The fourth-order valence-electron chi connectivity index (χ4n) is 2.68. The van der Waals surface area contributed by atoms with Gasteiger partial charge in [0.1, 0.15) is 5.75 Å². The van der Waals surface area contributed by atoms with Gasteiger partial charge in [0, 0.05) is 26.7 Å². The normalized spacial score (nSPS) is 11.8. The second-order valence-corrected chi connectivity index (χ2v) is 6.83. The minimum absolute atomic E-state index is 0. The van der Waals surface area contributed by atoms with Gasteiger partial charge in [0.25, 0.3) is 0 Å². The Kier molecular flexibility index (Phi) is 11.0. The molecule has 0 aliphatic rings. The molecule has 0 spiro atoms. The maximum atomic E-state index is 12.2. The van der Waals surface area contributed by atoms with Gasteiger partial charge in [-0.1, -0.05) is 36.4 Å². The Labute approximate surface area is 192 Å². The highest BCUT2D eigenvalue weighted by atomic mass is 127. The van der Waals surface area contributed by atoms with E-state index in [4.69, 9.17) is 4.74 Å². The summed E-state index contributed by atoms with van der Waals surface area (Å²) in [6, 6.07) is 14.7. The fourth-order valence-corrected chi connectivity index (χ4v) is 2.68. The third-order valence-corrected chi connectivity index (χ3v) is 4.06. The predicted molar refractivity (Wildman–Crippen MR) is 124 cm³/mol. The summed E-state index contributed by atoms with van der Waals surface area (Å²) in [4.78, 5) is 6.34. The van der Waals surface area contributed by atoms with E-state index >= 15 is 0 Å². The number of alkyl halides is 3. The molecule has 0 unspecified atom stereocenters. The number of nitrogens with zero attached hydrogens (tertiary/aromatic N) is 2. The van der Waals surface area contributed by atoms with Gasteiger partial charge >= 0.3 is 6.18 Å². The van der Waals surface area contributed by atoms with Crippen molar-refractivity contribution in [1.29, 1.82) is 0 Å². The first-order valence-corrected chi connectivity index (χ1v) is 9.21. The Morgan fingerprint density at radius 2 is 1.57 bits per heavy atom. The molecule has 2 aromatic carbocycles. The van der Waals surface area contributed by atoms with E-state index in [-0.39, 0.29) is 29.7 Å². The maximum absolute atomic E-state index is 12.2. The number of hydrogen-bond acceptors (Lipinski definition) is 3. The molecule has 9 heteroatoms. The molecule has 0 heterocycles. The van der Waals surface area contributed by atoms with Crippen LogP contribution in [0.2, 0.25) is 0 Å². The van der Waals surface area contributed by atoms with Gasteiger partial charge in [-0.3, -0.25) is 4.99 Å². The van der Waals surface area contributed by atoms with Gasteiger partial charge in [0.15, 0.2) is 12.6 Å². The first-order chi connectivity index (χ1) is 13.8. The molecular weight excluding hydrogens is 508 g/mol. The van der Waals surface area contributed by atoms with E-state index < -0.39 is 12.8 Å². The number of guanidine groups is 1. The van der Waals surface area contributed by atoms with Gasteiger partial charge in [-0.2, -0.15) is 13.2 Å².